The first kappa shape index (κ1) is 18.8. The number of nitrogens with zero attached hydrogens (tertiary/aromatic N) is 2. The van der Waals surface area contributed by atoms with E-state index in [1.165, 1.54) is 0 Å². The molecule has 29 heavy (non-hydrogen) atoms. The van der Waals surface area contributed by atoms with Crippen molar-refractivity contribution in [3.05, 3.63) is 58.1 Å². The maximum absolute atomic E-state index is 13.7. The van der Waals surface area contributed by atoms with E-state index in [1.54, 1.807) is 4.90 Å². The largest absolute Gasteiger partial charge is 0.326 e. The van der Waals surface area contributed by atoms with Gasteiger partial charge >= 0.3 is 0 Å². The Bertz CT molecular complexity index is 1020. The van der Waals surface area contributed by atoms with Gasteiger partial charge in [-0.1, -0.05) is 34.1 Å². The van der Waals surface area contributed by atoms with Gasteiger partial charge in [-0.2, -0.15) is 0 Å². The lowest BCUT2D eigenvalue weighted by Gasteiger charge is -2.37. The molecule has 150 valence electrons. The van der Waals surface area contributed by atoms with Gasteiger partial charge in [-0.3, -0.25) is 14.5 Å². The molecule has 5 nitrogen and oxygen atoms in total. The van der Waals surface area contributed by atoms with Crippen LogP contribution < -0.4 is 10.2 Å². The van der Waals surface area contributed by atoms with Crippen molar-refractivity contribution in [3.63, 3.8) is 0 Å². The summed E-state index contributed by atoms with van der Waals surface area (Å²) < 4.78 is 1.01. The summed E-state index contributed by atoms with van der Waals surface area (Å²) in [6.45, 7) is 2.86. The summed E-state index contributed by atoms with van der Waals surface area (Å²) in [4.78, 5) is 31.3. The molecule has 3 unspecified atom stereocenters. The number of amides is 2. The summed E-state index contributed by atoms with van der Waals surface area (Å²) in [5, 5.41) is 3.10. The predicted octanol–water partition coefficient (Wildman–Crippen LogP) is 4.05. The van der Waals surface area contributed by atoms with Crippen LogP contribution in [-0.2, 0) is 15.1 Å². The van der Waals surface area contributed by atoms with E-state index in [0.29, 0.717) is 0 Å². The van der Waals surface area contributed by atoms with Gasteiger partial charge in [0.1, 0.15) is 5.54 Å². The van der Waals surface area contributed by atoms with E-state index in [9.17, 15) is 9.59 Å². The minimum atomic E-state index is -0.888. The Morgan fingerprint density at radius 3 is 2.83 bits per heavy atom. The fourth-order valence-corrected chi connectivity index (χ4v) is 5.87. The molecule has 1 spiro atoms. The number of hydrogen-bond acceptors (Lipinski definition) is 3. The summed E-state index contributed by atoms with van der Waals surface area (Å²) in [5.74, 6) is -0.454. The molecule has 3 aliphatic heterocycles. The van der Waals surface area contributed by atoms with Crippen LogP contribution in [0.15, 0.2) is 46.9 Å². The Morgan fingerprint density at radius 1 is 1.24 bits per heavy atom. The smallest absolute Gasteiger partial charge is 0.252 e. The average Bonchev–Trinajstić information content (AvgIpc) is 3.35. The summed E-state index contributed by atoms with van der Waals surface area (Å²) in [7, 11) is 1.83. The Morgan fingerprint density at radius 2 is 2.03 bits per heavy atom. The molecule has 3 atom stereocenters. The number of carbonyl (C=O) groups excluding carboxylic acids is 2. The van der Waals surface area contributed by atoms with E-state index in [0.717, 1.165) is 52.8 Å². The molecule has 0 bridgehead atoms. The fraction of sp³-hybridized carbons (Fsp3) is 0.391. The zero-order valence-corrected chi connectivity index (χ0v) is 18.2. The van der Waals surface area contributed by atoms with E-state index < -0.39 is 11.5 Å². The molecule has 3 heterocycles. The van der Waals surface area contributed by atoms with Gasteiger partial charge in [-0.25, -0.2) is 0 Å². The van der Waals surface area contributed by atoms with Crippen LogP contribution in [0.25, 0.3) is 0 Å². The van der Waals surface area contributed by atoms with Gasteiger partial charge in [0.2, 0.25) is 5.91 Å². The second-order valence-corrected chi connectivity index (χ2v) is 9.23. The third-order valence-electron chi connectivity index (χ3n) is 6.89. The zero-order chi connectivity index (χ0) is 20.3. The maximum atomic E-state index is 13.7. The quantitative estimate of drug-likeness (QED) is 0.745. The summed E-state index contributed by atoms with van der Waals surface area (Å²) in [6, 6.07) is 14.0. The SMILES string of the molecule is Cc1cc(NC(=O)C2CC3CCCN3C23C(=O)N(C)c2ccccc23)ccc1Br. The van der Waals surface area contributed by atoms with Crippen molar-refractivity contribution in [2.24, 2.45) is 5.92 Å². The number of fused-ring (bicyclic) bond motifs is 4. The van der Waals surface area contributed by atoms with Crippen LogP contribution in [0, 0.1) is 12.8 Å². The molecular weight excluding hydrogens is 430 g/mol. The van der Waals surface area contributed by atoms with Crippen LogP contribution in [0.5, 0.6) is 0 Å². The van der Waals surface area contributed by atoms with Gasteiger partial charge in [0.25, 0.3) is 5.91 Å². The highest BCUT2D eigenvalue weighted by molar-refractivity contribution is 9.10. The molecule has 1 N–H and O–H groups in total. The zero-order valence-electron chi connectivity index (χ0n) is 16.6. The lowest BCUT2D eigenvalue weighted by atomic mass is 9.78. The Hall–Kier alpha value is -2.18. The third-order valence-corrected chi connectivity index (χ3v) is 7.78. The van der Waals surface area contributed by atoms with E-state index in [2.05, 4.69) is 26.1 Å². The van der Waals surface area contributed by atoms with Crippen LogP contribution in [0.1, 0.15) is 30.4 Å². The third kappa shape index (κ3) is 2.55. The summed E-state index contributed by atoms with van der Waals surface area (Å²) >= 11 is 3.51. The van der Waals surface area contributed by atoms with Crippen LogP contribution >= 0.6 is 15.9 Å². The normalized spacial score (nSPS) is 28.1. The molecule has 0 aliphatic carbocycles. The Labute approximate surface area is 179 Å². The van der Waals surface area contributed by atoms with Gasteiger partial charge in [0.05, 0.1) is 5.92 Å². The molecule has 2 amide bonds. The van der Waals surface area contributed by atoms with Crippen LogP contribution in [0.4, 0.5) is 11.4 Å². The van der Waals surface area contributed by atoms with Crippen LogP contribution in [0.2, 0.25) is 0 Å². The molecule has 2 fully saturated rings. The average molecular weight is 454 g/mol. The minimum absolute atomic E-state index is 0.0234. The molecule has 2 saturated heterocycles. The van der Waals surface area contributed by atoms with Gasteiger partial charge < -0.3 is 10.2 Å². The molecule has 5 rings (SSSR count). The van der Waals surface area contributed by atoms with E-state index in [-0.39, 0.29) is 17.9 Å². The standard InChI is InChI=1S/C23H24BrN3O2/c1-14-12-15(9-10-19(14)24)25-21(28)18-13-16-6-5-11-27(16)23(18)17-7-3-4-8-20(17)26(2)22(23)29/h3-4,7-10,12,16,18H,5-6,11,13H2,1-2H3,(H,25,28). The van der Waals surface area contributed by atoms with E-state index in [4.69, 9.17) is 0 Å². The molecule has 3 aliphatic rings. The molecule has 6 heteroatoms. The number of halogens is 1. The summed E-state index contributed by atoms with van der Waals surface area (Å²) in [6.07, 6.45) is 2.84. The van der Waals surface area contributed by atoms with Gasteiger partial charge in [0, 0.05) is 34.5 Å². The molecule has 0 radical (unpaired) electrons. The molecular formula is C23H24BrN3O2. The fourth-order valence-electron chi connectivity index (χ4n) is 5.62. The summed E-state index contributed by atoms with van der Waals surface area (Å²) in [5.41, 5.74) is 2.84. The number of likely N-dealkylation sites (N-methyl/N-ethyl adjacent to an activating group) is 1. The first-order chi connectivity index (χ1) is 13.9. The van der Waals surface area contributed by atoms with Crippen LogP contribution in [-0.4, -0.2) is 36.3 Å². The first-order valence-electron chi connectivity index (χ1n) is 10.2. The van der Waals surface area contributed by atoms with Crippen molar-refractivity contribution >= 4 is 39.1 Å². The monoisotopic (exact) mass is 453 g/mol. The van der Waals surface area contributed by atoms with Gasteiger partial charge in [-0.05, 0) is 62.6 Å². The van der Waals surface area contributed by atoms with Crippen molar-refractivity contribution in [1.82, 2.24) is 4.90 Å². The molecule has 0 aromatic heterocycles. The van der Waals surface area contributed by atoms with E-state index >= 15 is 0 Å². The maximum Gasteiger partial charge on any atom is 0.252 e. The van der Waals surface area contributed by atoms with Crippen molar-refractivity contribution in [1.29, 1.82) is 0 Å². The second-order valence-electron chi connectivity index (χ2n) is 8.38. The number of nitrogens with one attached hydrogen (secondary N) is 1. The number of benzene rings is 2. The number of anilines is 2. The van der Waals surface area contributed by atoms with Gasteiger partial charge in [-0.15, -0.1) is 0 Å². The number of aryl methyl sites for hydroxylation is 1. The number of para-hydroxylation sites is 1. The number of carbonyl (C=O) groups is 2. The topological polar surface area (TPSA) is 52.7 Å². The van der Waals surface area contributed by atoms with Crippen LogP contribution in [0.3, 0.4) is 0 Å². The van der Waals surface area contributed by atoms with Crippen molar-refractivity contribution < 1.29 is 9.59 Å². The molecule has 2 aromatic carbocycles. The lowest BCUT2D eigenvalue weighted by molar-refractivity contribution is -0.136. The predicted molar refractivity (Wildman–Crippen MR) is 117 cm³/mol. The highest BCUT2D eigenvalue weighted by Crippen LogP contribution is 2.56. The van der Waals surface area contributed by atoms with Crippen molar-refractivity contribution in [3.8, 4) is 0 Å². The lowest BCUT2D eigenvalue weighted by Crippen LogP contribution is -2.55. The highest BCUT2D eigenvalue weighted by atomic mass is 79.9. The Kier molecular flexibility index (Phi) is 4.33. The van der Waals surface area contributed by atoms with E-state index in [1.807, 2.05) is 56.4 Å². The minimum Gasteiger partial charge on any atom is -0.326 e. The number of rotatable bonds is 2. The highest BCUT2D eigenvalue weighted by Gasteiger charge is 2.66. The first-order valence-corrected chi connectivity index (χ1v) is 11.0. The Balaban J connectivity index is 1.58. The van der Waals surface area contributed by atoms with Crippen molar-refractivity contribution in [2.75, 3.05) is 23.8 Å². The van der Waals surface area contributed by atoms with Crippen molar-refractivity contribution in [2.45, 2.75) is 37.8 Å². The number of hydrogen-bond donors (Lipinski definition) is 1. The van der Waals surface area contributed by atoms with Gasteiger partial charge in [0.15, 0.2) is 0 Å². The molecule has 2 aromatic rings. The second kappa shape index (κ2) is 6.67. The molecule has 0 saturated carbocycles.